The summed E-state index contributed by atoms with van der Waals surface area (Å²) in [6.45, 7) is 5.53. The van der Waals surface area contributed by atoms with Crippen molar-refractivity contribution in [3.8, 4) is 17.2 Å². The summed E-state index contributed by atoms with van der Waals surface area (Å²) in [5.41, 5.74) is 2.20. The molecule has 3 rings (SSSR count). The second-order valence-corrected chi connectivity index (χ2v) is 12.0. The SMILES string of the molecule is CCCCCCCCCCCCCCCCOc1ccc(/C=C/C(=O)c2cccc(OC(=O)/C=C/c3ccc(OCC)cc3)c2)cc1. The molecule has 0 spiro atoms. The quantitative estimate of drug-likeness (QED) is 0.0321. The summed E-state index contributed by atoms with van der Waals surface area (Å²) in [6.07, 6.45) is 25.2. The van der Waals surface area contributed by atoms with Crippen molar-refractivity contribution in [2.24, 2.45) is 0 Å². The van der Waals surface area contributed by atoms with Gasteiger partial charge in [0.05, 0.1) is 13.2 Å². The second-order valence-electron chi connectivity index (χ2n) is 12.0. The Labute approximate surface area is 283 Å². The number of carbonyl (C=O) groups excluding carboxylic acids is 2. The van der Waals surface area contributed by atoms with Crippen LogP contribution in [0, 0.1) is 0 Å². The van der Waals surface area contributed by atoms with E-state index in [1.807, 2.05) is 55.5 Å². The molecule has 5 heteroatoms. The first-order valence-corrected chi connectivity index (χ1v) is 17.8. The fraction of sp³-hybridized carbons (Fsp3) is 0.429. The topological polar surface area (TPSA) is 61.8 Å². The maximum atomic E-state index is 12.8. The van der Waals surface area contributed by atoms with Crippen molar-refractivity contribution in [2.45, 2.75) is 104 Å². The van der Waals surface area contributed by atoms with Crippen LogP contribution >= 0.6 is 0 Å². The molecular formula is C42H54O5. The highest BCUT2D eigenvalue weighted by Gasteiger charge is 2.07. The molecule has 5 nitrogen and oxygen atoms in total. The van der Waals surface area contributed by atoms with Crippen molar-refractivity contribution in [1.29, 1.82) is 0 Å². The van der Waals surface area contributed by atoms with Crippen LogP contribution in [0.25, 0.3) is 12.2 Å². The maximum Gasteiger partial charge on any atom is 0.336 e. The van der Waals surface area contributed by atoms with E-state index in [1.54, 1.807) is 36.4 Å². The van der Waals surface area contributed by atoms with E-state index < -0.39 is 5.97 Å². The van der Waals surface area contributed by atoms with Gasteiger partial charge in [0.15, 0.2) is 5.78 Å². The van der Waals surface area contributed by atoms with E-state index in [1.165, 1.54) is 95.6 Å². The molecule has 0 aliphatic heterocycles. The molecule has 0 radical (unpaired) electrons. The average Bonchev–Trinajstić information content (AvgIpc) is 3.09. The predicted molar refractivity (Wildman–Crippen MR) is 194 cm³/mol. The zero-order valence-corrected chi connectivity index (χ0v) is 28.6. The van der Waals surface area contributed by atoms with Crippen molar-refractivity contribution >= 4 is 23.9 Å². The van der Waals surface area contributed by atoms with Gasteiger partial charge in [-0.2, -0.15) is 0 Å². The van der Waals surface area contributed by atoms with Gasteiger partial charge in [-0.3, -0.25) is 4.79 Å². The number of hydrogen-bond donors (Lipinski definition) is 0. The van der Waals surface area contributed by atoms with E-state index in [4.69, 9.17) is 14.2 Å². The Hall–Kier alpha value is -4.12. The summed E-state index contributed by atoms with van der Waals surface area (Å²) in [5.74, 6) is 1.23. The zero-order chi connectivity index (χ0) is 33.4. The van der Waals surface area contributed by atoms with E-state index >= 15 is 0 Å². The van der Waals surface area contributed by atoms with Crippen LogP contribution in [0.5, 0.6) is 17.2 Å². The highest BCUT2D eigenvalue weighted by molar-refractivity contribution is 6.07. The van der Waals surface area contributed by atoms with Gasteiger partial charge in [-0.1, -0.05) is 133 Å². The standard InChI is InChI=1S/C42H54O5/c1-3-5-6-7-8-9-10-11-12-13-14-15-16-17-33-46-39-29-23-35(24-30-39)25-31-41(43)37-19-18-20-40(34-37)47-42(44)32-26-36-21-27-38(28-22-36)45-4-2/h18-32,34H,3-17,33H2,1-2H3/b31-25+,32-26+. The molecule has 252 valence electrons. The van der Waals surface area contributed by atoms with Gasteiger partial charge in [-0.05, 0) is 73.0 Å². The molecule has 0 N–H and O–H groups in total. The van der Waals surface area contributed by atoms with Gasteiger partial charge in [0.1, 0.15) is 17.2 Å². The molecule has 0 fully saturated rings. The van der Waals surface area contributed by atoms with Crippen LogP contribution in [0.3, 0.4) is 0 Å². The molecule has 3 aromatic rings. The van der Waals surface area contributed by atoms with Gasteiger partial charge in [0, 0.05) is 11.6 Å². The lowest BCUT2D eigenvalue weighted by Gasteiger charge is -2.07. The number of carbonyl (C=O) groups is 2. The minimum atomic E-state index is -0.523. The molecule has 47 heavy (non-hydrogen) atoms. The normalized spacial score (nSPS) is 11.3. The van der Waals surface area contributed by atoms with E-state index in [2.05, 4.69) is 6.92 Å². The van der Waals surface area contributed by atoms with Crippen molar-refractivity contribution in [3.05, 3.63) is 102 Å². The highest BCUT2D eigenvalue weighted by Crippen LogP contribution is 2.18. The largest absolute Gasteiger partial charge is 0.494 e. The van der Waals surface area contributed by atoms with Crippen LogP contribution < -0.4 is 14.2 Å². The van der Waals surface area contributed by atoms with Crippen LogP contribution in [0.15, 0.2) is 84.9 Å². The molecule has 0 amide bonds. The Morgan fingerprint density at radius 2 is 1.06 bits per heavy atom. The number of allylic oxidation sites excluding steroid dienone is 1. The third-order valence-electron chi connectivity index (χ3n) is 8.01. The Kier molecular flexibility index (Phi) is 18.5. The molecular weight excluding hydrogens is 584 g/mol. The molecule has 0 saturated carbocycles. The fourth-order valence-corrected chi connectivity index (χ4v) is 5.30. The molecule has 0 unspecified atom stereocenters. The van der Waals surface area contributed by atoms with Gasteiger partial charge in [-0.15, -0.1) is 0 Å². The Morgan fingerprint density at radius 3 is 1.62 bits per heavy atom. The number of benzene rings is 3. The van der Waals surface area contributed by atoms with Gasteiger partial charge in [-0.25, -0.2) is 4.79 Å². The van der Waals surface area contributed by atoms with Crippen molar-refractivity contribution in [3.63, 3.8) is 0 Å². The Morgan fingerprint density at radius 1 is 0.553 bits per heavy atom. The van der Waals surface area contributed by atoms with Gasteiger partial charge >= 0.3 is 5.97 Å². The average molecular weight is 639 g/mol. The number of ether oxygens (including phenoxy) is 3. The third kappa shape index (κ3) is 16.3. The van der Waals surface area contributed by atoms with E-state index in [0.717, 1.165) is 35.7 Å². The number of ketones is 1. The van der Waals surface area contributed by atoms with Crippen LogP contribution in [-0.2, 0) is 4.79 Å². The molecule has 3 aromatic carbocycles. The van der Waals surface area contributed by atoms with Gasteiger partial charge < -0.3 is 14.2 Å². The van der Waals surface area contributed by atoms with Crippen molar-refractivity contribution < 1.29 is 23.8 Å². The first kappa shape index (κ1) is 37.3. The Balaban J connectivity index is 1.29. The lowest BCUT2D eigenvalue weighted by molar-refractivity contribution is -0.128. The summed E-state index contributed by atoms with van der Waals surface area (Å²) < 4.78 is 16.8. The molecule has 0 aliphatic carbocycles. The van der Waals surface area contributed by atoms with Crippen LogP contribution in [-0.4, -0.2) is 25.0 Å². The van der Waals surface area contributed by atoms with Gasteiger partial charge in [0.2, 0.25) is 0 Å². The molecule has 0 aliphatic rings. The number of unbranched alkanes of at least 4 members (excludes halogenated alkanes) is 13. The predicted octanol–water partition coefficient (Wildman–Crippen LogP) is 11.5. The molecule has 0 heterocycles. The zero-order valence-electron chi connectivity index (χ0n) is 28.6. The molecule has 0 aromatic heterocycles. The molecule has 0 bridgehead atoms. The Bertz CT molecular complexity index is 1350. The molecule has 0 saturated heterocycles. The summed E-state index contributed by atoms with van der Waals surface area (Å²) in [6, 6.07) is 21.8. The lowest BCUT2D eigenvalue weighted by atomic mass is 10.0. The van der Waals surface area contributed by atoms with Crippen LogP contribution in [0.2, 0.25) is 0 Å². The minimum absolute atomic E-state index is 0.175. The molecule has 0 atom stereocenters. The lowest BCUT2D eigenvalue weighted by Crippen LogP contribution is -2.04. The highest BCUT2D eigenvalue weighted by atomic mass is 16.5. The number of hydrogen-bond acceptors (Lipinski definition) is 5. The van der Waals surface area contributed by atoms with Crippen LogP contribution in [0.1, 0.15) is 125 Å². The third-order valence-corrected chi connectivity index (χ3v) is 8.01. The summed E-state index contributed by atoms with van der Waals surface area (Å²) in [5, 5.41) is 0. The van der Waals surface area contributed by atoms with E-state index in [0.29, 0.717) is 17.9 Å². The van der Waals surface area contributed by atoms with Gasteiger partial charge in [0.25, 0.3) is 0 Å². The monoisotopic (exact) mass is 638 g/mol. The summed E-state index contributed by atoms with van der Waals surface area (Å²) in [7, 11) is 0. The van der Waals surface area contributed by atoms with E-state index in [9.17, 15) is 9.59 Å². The smallest absolute Gasteiger partial charge is 0.336 e. The summed E-state index contributed by atoms with van der Waals surface area (Å²) >= 11 is 0. The maximum absolute atomic E-state index is 12.8. The van der Waals surface area contributed by atoms with E-state index in [-0.39, 0.29) is 5.78 Å². The van der Waals surface area contributed by atoms with Crippen molar-refractivity contribution in [1.82, 2.24) is 0 Å². The first-order valence-electron chi connectivity index (χ1n) is 17.8. The fourth-order valence-electron chi connectivity index (χ4n) is 5.30. The summed E-state index contributed by atoms with van der Waals surface area (Å²) in [4.78, 5) is 25.1. The number of esters is 1. The minimum Gasteiger partial charge on any atom is -0.494 e. The first-order chi connectivity index (χ1) is 23.1. The van der Waals surface area contributed by atoms with Crippen LogP contribution in [0.4, 0.5) is 0 Å². The van der Waals surface area contributed by atoms with Crippen molar-refractivity contribution in [2.75, 3.05) is 13.2 Å². The second kappa shape index (κ2) is 23.2. The number of rotatable bonds is 24.